The molecule has 4 rings (SSSR count). The smallest absolute Gasteiger partial charge is 0.325 e. The summed E-state index contributed by atoms with van der Waals surface area (Å²) < 4.78 is 15.9. The second-order valence-corrected chi connectivity index (χ2v) is 7.72. The Morgan fingerprint density at radius 2 is 1.83 bits per heavy atom. The van der Waals surface area contributed by atoms with Gasteiger partial charge in [-0.25, -0.2) is 4.79 Å². The highest BCUT2D eigenvalue weighted by Gasteiger charge is 2.52. The van der Waals surface area contributed by atoms with Gasteiger partial charge in [0.1, 0.15) is 18.8 Å². The summed E-state index contributed by atoms with van der Waals surface area (Å²) in [5, 5.41) is 2.80. The SMILES string of the molecule is O=C(CCCN1C(=O)NC2(CCCC2)C1=O)OCC(=O)c1ccc2c(c1)OCCO2. The van der Waals surface area contributed by atoms with Crippen molar-refractivity contribution < 1.29 is 33.4 Å². The number of carbonyl (C=O) groups is 4. The number of hydrogen-bond acceptors (Lipinski definition) is 7. The van der Waals surface area contributed by atoms with Gasteiger partial charge in [0.05, 0.1) is 0 Å². The third-order valence-corrected chi connectivity index (χ3v) is 5.69. The molecule has 0 atom stereocenters. The Balaban J connectivity index is 1.21. The molecule has 0 unspecified atom stereocenters. The number of benzene rings is 1. The average molecular weight is 416 g/mol. The minimum absolute atomic E-state index is 0.0124. The molecule has 2 aliphatic heterocycles. The quantitative estimate of drug-likeness (QED) is 0.410. The molecule has 9 heteroatoms. The van der Waals surface area contributed by atoms with Gasteiger partial charge in [-0.05, 0) is 37.5 Å². The van der Waals surface area contributed by atoms with E-state index in [4.69, 9.17) is 14.2 Å². The number of ketones is 1. The van der Waals surface area contributed by atoms with Crippen molar-refractivity contribution in [2.24, 2.45) is 0 Å². The van der Waals surface area contributed by atoms with Gasteiger partial charge in [-0.1, -0.05) is 12.8 Å². The first-order valence-corrected chi connectivity index (χ1v) is 10.2. The number of imide groups is 1. The van der Waals surface area contributed by atoms with Crippen LogP contribution in [0, 0.1) is 0 Å². The highest BCUT2D eigenvalue weighted by molar-refractivity contribution is 6.07. The number of ether oxygens (including phenoxy) is 3. The van der Waals surface area contributed by atoms with Crippen LogP contribution in [0.4, 0.5) is 4.79 Å². The van der Waals surface area contributed by atoms with Crippen molar-refractivity contribution in [1.29, 1.82) is 0 Å². The molecular weight excluding hydrogens is 392 g/mol. The third kappa shape index (κ3) is 3.96. The summed E-state index contributed by atoms with van der Waals surface area (Å²) in [4.78, 5) is 50.1. The van der Waals surface area contributed by atoms with Gasteiger partial charge in [-0.15, -0.1) is 0 Å². The van der Waals surface area contributed by atoms with E-state index in [1.165, 1.54) is 4.90 Å². The molecule has 2 fully saturated rings. The summed E-state index contributed by atoms with van der Waals surface area (Å²) in [5.74, 6) is -0.0324. The summed E-state index contributed by atoms with van der Waals surface area (Å²) in [6.45, 7) is 0.643. The number of fused-ring (bicyclic) bond motifs is 1. The van der Waals surface area contributed by atoms with Crippen molar-refractivity contribution in [1.82, 2.24) is 10.2 Å². The minimum atomic E-state index is -0.742. The molecule has 3 amide bonds. The van der Waals surface area contributed by atoms with E-state index in [1.54, 1.807) is 18.2 Å². The van der Waals surface area contributed by atoms with Crippen LogP contribution in [0.15, 0.2) is 18.2 Å². The van der Waals surface area contributed by atoms with Crippen LogP contribution in [0.5, 0.6) is 11.5 Å². The number of Topliss-reactive ketones (excluding diaryl/α,β-unsaturated/α-hetero) is 1. The van der Waals surface area contributed by atoms with Crippen molar-refractivity contribution in [2.45, 2.75) is 44.1 Å². The van der Waals surface area contributed by atoms with Crippen molar-refractivity contribution in [2.75, 3.05) is 26.4 Å². The molecule has 1 N–H and O–H groups in total. The van der Waals surface area contributed by atoms with E-state index in [2.05, 4.69) is 5.32 Å². The van der Waals surface area contributed by atoms with Crippen molar-refractivity contribution in [3.8, 4) is 11.5 Å². The summed E-state index contributed by atoms with van der Waals surface area (Å²) >= 11 is 0. The molecule has 0 bridgehead atoms. The van der Waals surface area contributed by atoms with Crippen molar-refractivity contribution in [3.63, 3.8) is 0 Å². The molecule has 0 radical (unpaired) electrons. The standard InChI is InChI=1S/C21H24N2O7/c24-15(14-5-6-16-17(12-14)29-11-10-28-16)13-30-18(25)4-3-9-23-19(26)21(22-20(23)27)7-1-2-8-21/h5-6,12H,1-4,7-11,13H2,(H,22,27). The molecule has 1 saturated heterocycles. The van der Waals surface area contributed by atoms with E-state index in [0.29, 0.717) is 43.1 Å². The van der Waals surface area contributed by atoms with Gasteiger partial charge in [0, 0.05) is 18.5 Å². The normalized spacial score (nSPS) is 19.1. The zero-order chi connectivity index (χ0) is 21.1. The molecule has 1 aromatic carbocycles. The summed E-state index contributed by atoms with van der Waals surface area (Å²) in [6, 6.07) is 4.42. The van der Waals surface area contributed by atoms with Gasteiger partial charge in [-0.3, -0.25) is 19.3 Å². The fourth-order valence-electron chi connectivity index (χ4n) is 4.10. The Kier molecular flexibility index (Phi) is 5.61. The molecule has 9 nitrogen and oxygen atoms in total. The van der Waals surface area contributed by atoms with Gasteiger partial charge in [0.2, 0.25) is 0 Å². The van der Waals surface area contributed by atoms with E-state index < -0.39 is 17.5 Å². The first-order valence-electron chi connectivity index (χ1n) is 10.2. The van der Waals surface area contributed by atoms with Gasteiger partial charge < -0.3 is 19.5 Å². The van der Waals surface area contributed by atoms with E-state index >= 15 is 0 Å². The lowest BCUT2D eigenvalue weighted by Gasteiger charge is -2.19. The second-order valence-electron chi connectivity index (χ2n) is 7.72. The fourth-order valence-corrected chi connectivity index (χ4v) is 4.10. The van der Waals surface area contributed by atoms with Crippen molar-refractivity contribution >= 4 is 23.7 Å². The Morgan fingerprint density at radius 1 is 1.10 bits per heavy atom. The predicted molar refractivity (Wildman–Crippen MR) is 103 cm³/mol. The minimum Gasteiger partial charge on any atom is -0.486 e. The summed E-state index contributed by atoms with van der Waals surface area (Å²) in [7, 11) is 0. The van der Waals surface area contributed by atoms with Crippen LogP contribution in [0.3, 0.4) is 0 Å². The first-order chi connectivity index (χ1) is 14.5. The van der Waals surface area contributed by atoms with Crippen LogP contribution in [-0.2, 0) is 14.3 Å². The molecule has 0 aromatic heterocycles. The maximum absolute atomic E-state index is 12.6. The van der Waals surface area contributed by atoms with Gasteiger partial charge in [-0.2, -0.15) is 0 Å². The van der Waals surface area contributed by atoms with E-state index in [1.807, 2.05) is 0 Å². The number of carbonyl (C=O) groups excluding carboxylic acids is 4. The molecule has 1 aromatic rings. The number of esters is 1. The Hall–Kier alpha value is -3.10. The van der Waals surface area contributed by atoms with Crippen LogP contribution >= 0.6 is 0 Å². The van der Waals surface area contributed by atoms with E-state index in [-0.39, 0.29) is 37.7 Å². The average Bonchev–Trinajstić information content (AvgIpc) is 3.31. The van der Waals surface area contributed by atoms with Crippen LogP contribution in [0.1, 0.15) is 48.9 Å². The molecular formula is C21H24N2O7. The fraction of sp³-hybridized carbons (Fsp3) is 0.524. The highest BCUT2D eigenvalue weighted by atomic mass is 16.6. The monoisotopic (exact) mass is 416 g/mol. The zero-order valence-electron chi connectivity index (χ0n) is 16.6. The number of hydrogen-bond donors (Lipinski definition) is 1. The Labute approximate surface area is 173 Å². The number of amides is 3. The van der Waals surface area contributed by atoms with E-state index in [0.717, 1.165) is 12.8 Å². The molecule has 1 spiro atoms. The van der Waals surface area contributed by atoms with Crippen LogP contribution < -0.4 is 14.8 Å². The lowest BCUT2D eigenvalue weighted by Crippen LogP contribution is -2.44. The highest BCUT2D eigenvalue weighted by Crippen LogP contribution is 2.35. The number of rotatable bonds is 7. The molecule has 1 aliphatic carbocycles. The second kappa shape index (κ2) is 8.33. The Bertz CT molecular complexity index is 876. The largest absolute Gasteiger partial charge is 0.486 e. The Morgan fingerprint density at radius 3 is 2.60 bits per heavy atom. The zero-order valence-corrected chi connectivity index (χ0v) is 16.6. The number of urea groups is 1. The van der Waals surface area contributed by atoms with Gasteiger partial charge in [0.15, 0.2) is 23.9 Å². The van der Waals surface area contributed by atoms with Crippen molar-refractivity contribution in [3.05, 3.63) is 23.8 Å². The lowest BCUT2D eigenvalue weighted by molar-refractivity contribution is -0.143. The maximum atomic E-state index is 12.6. The van der Waals surface area contributed by atoms with Crippen LogP contribution in [0.25, 0.3) is 0 Å². The predicted octanol–water partition coefficient (Wildman–Crippen LogP) is 1.83. The maximum Gasteiger partial charge on any atom is 0.325 e. The number of nitrogens with zero attached hydrogens (tertiary/aromatic N) is 1. The summed E-state index contributed by atoms with van der Waals surface area (Å²) in [5.41, 5.74) is -0.374. The summed E-state index contributed by atoms with van der Waals surface area (Å²) in [6.07, 6.45) is 3.47. The van der Waals surface area contributed by atoms with Crippen LogP contribution in [0.2, 0.25) is 0 Å². The molecule has 1 saturated carbocycles. The van der Waals surface area contributed by atoms with Gasteiger partial charge >= 0.3 is 12.0 Å². The first kappa shape index (κ1) is 20.2. The topological polar surface area (TPSA) is 111 Å². The number of nitrogens with one attached hydrogen (secondary N) is 1. The molecule has 3 aliphatic rings. The van der Waals surface area contributed by atoms with Crippen LogP contribution in [-0.4, -0.2) is 60.5 Å². The van der Waals surface area contributed by atoms with E-state index in [9.17, 15) is 19.2 Å². The lowest BCUT2D eigenvalue weighted by atomic mass is 9.98. The molecule has 160 valence electrons. The third-order valence-electron chi connectivity index (χ3n) is 5.69. The molecule has 30 heavy (non-hydrogen) atoms. The van der Waals surface area contributed by atoms with Gasteiger partial charge in [0.25, 0.3) is 5.91 Å². The molecule has 2 heterocycles.